The van der Waals surface area contributed by atoms with Crippen LogP contribution in [0.15, 0.2) is 18.6 Å². The molecule has 2 amide bonds. The maximum atomic E-state index is 11.6. The summed E-state index contributed by atoms with van der Waals surface area (Å²) < 4.78 is 1.41. The number of carbonyl (C=O) groups is 2. The number of hydrogen-bond acceptors (Lipinski definition) is 5. The lowest BCUT2D eigenvalue weighted by Crippen LogP contribution is -2.23. The Labute approximate surface area is 102 Å². The first-order chi connectivity index (χ1) is 8.69. The Bertz CT molecular complexity index is 545. The molecule has 0 aromatic carbocycles. The molecule has 0 aliphatic heterocycles. The monoisotopic (exact) mass is 249 g/mol. The second-order valence-electron chi connectivity index (χ2n) is 3.41. The zero-order valence-electron chi connectivity index (χ0n) is 9.54. The topological polar surface area (TPSA) is 118 Å². The van der Waals surface area contributed by atoms with Crippen LogP contribution in [0, 0.1) is 0 Å². The quantitative estimate of drug-likeness (QED) is 0.642. The fourth-order valence-electron chi connectivity index (χ4n) is 1.25. The zero-order chi connectivity index (χ0) is 13.0. The molecule has 0 fully saturated rings. The molecule has 2 heterocycles. The molecule has 0 atom stereocenters. The molecule has 0 spiro atoms. The maximum absolute atomic E-state index is 11.6. The second kappa shape index (κ2) is 5.08. The molecule has 18 heavy (non-hydrogen) atoms. The van der Waals surface area contributed by atoms with Gasteiger partial charge in [-0.15, -0.1) is 0 Å². The molecule has 2 aromatic heterocycles. The third kappa shape index (κ3) is 2.70. The SMILES string of the molecule is CNC(=O)Cn1cc(NC(=O)c2cn[nH]n2)cn1. The number of likely N-dealkylation sites (N-methyl/N-ethyl adjacent to an activating group) is 1. The summed E-state index contributed by atoms with van der Waals surface area (Å²) in [5.74, 6) is -0.573. The van der Waals surface area contributed by atoms with E-state index >= 15 is 0 Å². The van der Waals surface area contributed by atoms with Gasteiger partial charge in [0.25, 0.3) is 5.91 Å². The number of nitrogens with zero attached hydrogens (tertiary/aromatic N) is 4. The fraction of sp³-hybridized carbons (Fsp3) is 0.222. The summed E-state index contributed by atoms with van der Waals surface area (Å²) in [6.45, 7) is 0.0936. The molecule has 94 valence electrons. The minimum Gasteiger partial charge on any atom is -0.358 e. The Morgan fingerprint density at radius 3 is 2.94 bits per heavy atom. The van der Waals surface area contributed by atoms with Crippen molar-refractivity contribution in [2.24, 2.45) is 0 Å². The molecule has 0 unspecified atom stereocenters. The highest BCUT2D eigenvalue weighted by Crippen LogP contribution is 2.06. The van der Waals surface area contributed by atoms with E-state index in [1.54, 1.807) is 13.2 Å². The fourth-order valence-corrected chi connectivity index (χ4v) is 1.25. The predicted octanol–water partition coefficient (Wildman–Crippen LogP) is -1.00. The highest BCUT2D eigenvalue weighted by atomic mass is 16.2. The Balaban J connectivity index is 1.98. The van der Waals surface area contributed by atoms with Crippen molar-refractivity contribution in [1.82, 2.24) is 30.5 Å². The van der Waals surface area contributed by atoms with Gasteiger partial charge in [-0.2, -0.15) is 20.5 Å². The predicted molar refractivity (Wildman–Crippen MR) is 60.6 cm³/mol. The van der Waals surface area contributed by atoms with Crippen molar-refractivity contribution in [2.75, 3.05) is 12.4 Å². The summed E-state index contributed by atoms with van der Waals surface area (Å²) in [6.07, 6.45) is 4.30. The average molecular weight is 249 g/mol. The van der Waals surface area contributed by atoms with Gasteiger partial charge in [0.1, 0.15) is 6.54 Å². The summed E-state index contributed by atoms with van der Waals surface area (Å²) in [4.78, 5) is 22.7. The van der Waals surface area contributed by atoms with Crippen LogP contribution < -0.4 is 10.6 Å². The van der Waals surface area contributed by atoms with E-state index in [-0.39, 0.29) is 18.1 Å². The van der Waals surface area contributed by atoms with Crippen molar-refractivity contribution in [1.29, 1.82) is 0 Å². The van der Waals surface area contributed by atoms with E-state index < -0.39 is 5.91 Å². The molecule has 2 aromatic rings. The lowest BCUT2D eigenvalue weighted by molar-refractivity contribution is -0.121. The van der Waals surface area contributed by atoms with E-state index in [0.29, 0.717) is 5.69 Å². The number of aromatic nitrogens is 5. The molecule has 0 bridgehead atoms. The van der Waals surface area contributed by atoms with Crippen LogP contribution in [0.5, 0.6) is 0 Å². The van der Waals surface area contributed by atoms with Crippen LogP contribution >= 0.6 is 0 Å². The smallest absolute Gasteiger partial charge is 0.277 e. The van der Waals surface area contributed by atoms with E-state index in [1.165, 1.54) is 17.1 Å². The largest absolute Gasteiger partial charge is 0.358 e. The molecule has 0 aliphatic rings. The molecule has 0 saturated heterocycles. The Hall–Kier alpha value is -2.71. The third-order valence-electron chi connectivity index (χ3n) is 2.12. The van der Waals surface area contributed by atoms with E-state index in [1.807, 2.05) is 0 Å². The van der Waals surface area contributed by atoms with Gasteiger partial charge in [0.05, 0.1) is 18.1 Å². The maximum Gasteiger partial charge on any atom is 0.277 e. The molecule has 9 heteroatoms. The van der Waals surface area contributed by atoms with Gasteiger partial charge in [-0.25, -0.2) is 0 Å². The van der Waals surface area contributed by atoms with Gasteiger partial charge in [-0.05, 0) is 0 Å². The molecular formula is C9H11N7O2. The van der Waals surface area contributed by atoms with E-state index in [2.05, 4.69) is 31.1 Å². The van der Waals surface area contributed by atoms with Gasteiger partial charge >= 0.3 is 0 Å². The standard InChI is InChI=1S/C9H11N7O2/c1-10-8(17)5-16-4-6(2-12-16)13-9(18)7-3-11-15-14-7/h2-4H,5H2,1H3,(H,10,17)(H,13,18)(H,11,14,15). The Kier molecular flexibility index (Phi) is 3.32. The number of anilines is 1. The molecule has 0 saturated carbocycles. The van der Waals surface area contributed by atoms with Gasteiger partial charge in [-0.1, -0.05) is 0 Å². The molecular weight excluding hydrogens is 238 g/mol. The van der Waals surface area contributed by atoms with E-state index in [9.17, 15) is 9.59 Å². The van der Waals surface area contributed by atoms with Crippen molar-refractivity contribution in [2.45, 2.75) is 6.54 Å². The van der Waals surface area contributed by atoms with Crippen molar-refractivity contribution in [3.8, 4) is 0 Å². The second-order valence-corrected chi connectivity index (χ2v) is 3.41. The Morgan fingerprint density at radius 2 is 2.28 bits per heavy atom. The van der Waals surface area contributed by atoms with Gasteiger partial charge in [0.2, 0.25) is 5.91 Å². The average Bonchev–Trinajstić information content (AvgIpc) is 3.00. The number of H-pyrrole nitrogens is 1. The van der Waals surface area contributed by atoms with E-state index in [0.717, 1.165) is 0 Å². The number of amides is 2. The minimum atomic E-state index is -0.400. The lowest BCUT2D eigenvalue weighted by atomic mass is 10.4. The number of hydrogen-bond donors (Lipinski definition) is 3. The van der Waals surface area contributed by atoms with Crippen LogP contribution in [-0.2, 0) is 11.3 Å². The van der Waals surface area contributed by atoms with Crippen molar-refractivity contribution in [3.05, 3.63) is 24.3 Å². The summed E-state index contributed by atoms with van der Waals surface area (Å²) in [5, 5.41) is 18.5. The first kappa shape index (κ1) is 11.8. The van der Waals surface area contributed by atoms with Crippen LogP contribution in [0.3, 0.4) is 0 Å². The number of carbonyl (C=O) groups excluding carboxylic acids is 2. The van der Waals surface area contributed by atoms with E-state index in [4.69, 9.17) is 0 Å². The molecule has 9 nitrogen and oxygen atoms in total. The first-order valence-corrected chi connectivity index (χ1v) is 5.09. The van der Waals surface area contributed by atoms with Crippen LogP contribution in [0.25, 0.3) is 0 Å². The third-order valence-corrected chi connectivity index (χ3v) is 2.12. The van der Waals surface area contributed by atoms with Crippen molar-refractivity contribution in [3.63, 3.8) is 0 Å². The number of aromatic amines is 1. The summed E-state index contributed by atoms with van der Waals surface area (Å²) >= 11 is 0. The highest BCUT2D eigenvalue weighted by Gasteiger charge is 2.10. The van der Waals surface area contributed by atoms with Gasteiger partial charge < -0.3 is 10.6 Å². The van der Waals surface area contributed by atoms with Crippen molar-refractivity contribution >= 4 is 17.5 Å². The van der Waals surface area contributed by atoms with Crippen molar-refractivity contribution < 1.29 is 9.59 Å². The zero-order valence-corrected chi connectivity index (χ0v) is 9.54. The Morgan fingerprint density at radius 1 is 1.44 bits per heavy atom. The van der Waals surface area contributed by atoms with Crippen LogP contribution in [-0.4, -0.2) is 44.1 Å². The van der Waals surface area contributed by atoms with Gasteiger partial charge in [0, 0.05) is 13.2 Å². The van der Waals surface area contributed by atoms with Crippen LogP contribution in [0.2, 0.25) is 0 Å². The first-order valence-electron chi connectivity index (χ1n) is 5.09. The summed E-state index contributed by atoms with van der Waals surface area (Å²) in [6, 6.07) is 0. The summed E-state index contributed by atoms with van der Waals surface area (Å²) in [7, 11) is 1.54. The molecule has 0 aliphatic carbocycles. The van der Waals surface area contributed by atoms with Crippen LogP contribution in [0.1, 0.15) is 10.5 Å². The van der Waals surface area contributed by atoms with Gasteiger partial charge in [-0.3, -0.25) is 14.3 Å². The number of nitrogens with one attached hydrogen (secondary N) is 3. The normalized spacial score (nSPS) is 10.1. The molecule has 2 rings (SSSR count). The minimum absolute atomic E-state index is 0.0936. The molecule has 0 radical (unpaired) electrons. The molecule has 3 N–H and O–H groups in total. The number of rotatable bonds is 4. The summed E-state index contributed by atoms with van der Waals surface area (Å²) in [5.41, 5.74) is 0.654. The van der Waals surface area contributed by atoms with Gasteiger partial charge in [0.15, 0.2) is 5.69 Å². The highest BCUT2D eigenvalue weighted by molar-refractivity contribution is 6.02. The lowest BCUT2D eigenvalue weighted by Gasteiger charge is -1.99. The van der Waals surface area contributed by atoms with Crippen LogP contribution in [0.4, 0.5) is 5.69 Å².